The third kappa shape index (κ3) is 3.01. The zero-order valence-corrected chi connectivity index (χ0v) is 17.3. The van der Waals surface area contributed by atoms with Crippen molar-refractivity contribution >= 4 is 16.7 Å². The summed E-state index contributed by atoms with van der Waals surface area (Å²) in [5, 5.41) is 13.6. The molecular weight excluding hydrogens is 378 g/mol. The number of hydrogen-bond donors (Lipinski definition) is 0. The largest absolute Gasteiger partial charge is 0.384 e. The summed E-state index contributed by atoms with van der Waals surface area (Å²) < 4.78 is 8.89. The fourth-order valence-electron chi connectivity index (χ4n) is 4.73. The molecule has 0 bridgehead atoms. The molecule has 0 spiro atoms. The van der Waals surface area contributed by atoms with E-state index in [1.165, 1.54) is 0 Å². The van der Waals surface area contributed by atoms with E-state index in [0.717, 1.165) is 49.1 Å². The minimum absolute atomic E-state index is 0.0974. The van der Waals surface area contributed by atoms with Crippen molar-refractivity contribution in [2.75, 3.05) is 13.7 Å². The van der Waals surface area contributed by atoms with Crippen LogP contribution >= 0.6 is 0 Å². The standard InChI is InChI=1S/C23H25N5O2/c1-3-18-20(16-7-5-4-6-8-16)22-25-24-21-19(28(22)26-18)11-12-27(23(21)29)17-10-9-15(13-17)14-30-2/h4-8,11-12,15,17H,3,9-10,13-14H2,1-2H3. The minimum Gasteiger partial charge on any atom is -0.384 e. The summed E-state index contributed by atoms with van der Waals surface area (Å²) in [5.41, 5.74) is 4.64. The van der Waals surface area contributed by atoms with Gasteiger partial charge in [-0.3, -0.25) is 4.79 Å². The average Bonchev–Trinajstić information content (AvgIpc) is 3.39. The lowest BCUT2D eigenvalue weighted by Crippen LogP contribution is -2.25. The van der Waals surface area contributed by atoms with Gasteiger partial charge >= 0.3 is 0 Å². The Morgan fingerprint density at radius 1 is 1.13 bits per heavy atom. The first-order chi connectivity index (χ1) is 14.7. The number of hydrogen-bond acceptors (Lipinski definition) is 5. The van der Waals surface area contributed by atoms with E-state index in [2.05, 4.69) is 29.3 Å². The van der Waals surface area contributed by atoms with Crippen LogP contribution in [0.5, 0.6) is 0 Å². The van der Waals surface area contributed by atoms with Gasteiger partial charge in [0.2, 0.25) is 0 Å². The van der Waals surface area contributed by atoms with Crippen LogP contribution < -0.4 is 5.56 Å². The molecule has 0 saturated heterocycles. The van der Waals surface area contributed by atoms with Gasteiger partial charge in [-0.2, -0.15) is 5.10 Å². The molecule has 3 heterocycles. The van der Waals surface area contributed by atoms with Crippen LogP contribution in [-0.4, -0.2) is 38.1 Å². The maximum absolute atomic E-state index is 13.2. The van der Waals surface area contributed by atoms with E-state index in [9.17, 15) is 4.79 Å². The van der Waals surface area contributed by atoms with Gasteiger partial charge < -0.3 is 9.30 Å². The zero-order valence-electron chi connectivity index (χ0n) is 17.3. The molecule has 30 heavy (non-hydrogen) atoms. The second kappa shape index (κ2) is 7.65. The van der Waals surface area contributed by atoms with E-state index in [-0.39, 0.29) is 11.6 Å². The molecule has 5 rings (SSSR count). The Morgan fingerprint density at radius 2 is 1.97 bits per heavy atom. The molecule has 1 aliphatic carbocycles. The van der Waals surface area contributed by atoms with E-state index in [0.29, 0.717) is 22.6 Å². The van der Waals surface area contributed by atoms with Crippen molar-refractivity contribution < 1.29 is 4.74 Å². The van der Waals surface area contributed by atoms with Gasteiger partial charge in [-0.15, -0.1) is 10.2 Å². The number of nitrogens with zero attached hydrogens (tertiary/aromatic N) is 5. The van der Waals surface area contributed by atoms with Crippen LogP contribution in [0.2, 0.25) is 0 Å². The van der Waals surface area contributed by atoms with Crippen molar-refractivity contribution in [1.29, 1.82) is 0 Å². The molecule has 2 atom stereocenters. The highest BCUT2D eigenvalue weighted by molar-refractivity contribution is 5.84. The number of methoxy groups -OCH3 is 1. The van der Waals surface area contributed by atoms with Crippen molar-refractivity contribution in [1.82, 2.24) is 24.4 Å². The third-order valence-electron chi connectivity index (χ3n) is 6.19. The van der Waals surface area contributed by atoms with E-state index < -0.39 is 0 Å². The quantitative estimate of drug-likeness (QED) is 0.508. The predicted molar refractivity (Wildman–Crippen MR) is 116 cm³/mol. The summed E-state index contributed by atoms with van der Waals surface area (Å²) in [5.74, 6) is 0.503. The monoisotopic (exact) mass is 403 g/mol. The topological polar surface area (TPSA) is 74.3 Å². The van der Waals surface area contributed by atoms with E-state index in [1.807, 2.05) is 35.0 Å². The Balaban J connectivity index is 1.64. The van der Waals surface area contributed by atoms with Crippen LogP contribution in [0.15, 0.2) is 47.4 Å². The summed E-state index contributed by atoms with van der Waals surface area (Å²) in [6, 6.07) is 12.2. The second-order valence-electron chi connectivity index (χ2n) is 8.03. The Kier molecular flexibility index (Phi) is 4.83. The molecule has 1 aliphatic rings. The molecule has 4 aromatic rings. The van der Waals surface area contributed by atoms with Crippen LogP contribution in [0.4, 0.5) is 0 Å². The molecule has 2 unspecified atom stereocenters. The molecule has 7 heteroatoms. The number of fused-ring (bicyclic) bond motifs is 3. The Hall–Kier alpha value is -3.06. The Labute approximate surface area is 174 Å². The van der Waals surface area contributed by atoms with E-state index in [1.54, 1.807) is 11.6 Å². The summed E-state index contributed by atoms with van der Waals surface area (Å²) in [4.78, 5) is 13.2. The maximum Gasteiger partial charge on any atom is 0.280 e. The fourth-order valence-corrected chi connectivity index (χ4v) is 4.73. The van der Waals surface area contributed by atoms with Crippen LogP contribution in [-0.2, 0) is 11.2 Å². The second-order valence-corrected chi connectivity index (χ2v) is 8.03. The lowest BCUT2D eigenvalue weighted by molar-refractivity contribution is 0.153. The summed E-state index contributed by atoms with van der Waals surface area (Å²) >= 11 is 0. The fraction of sp³-hybridized carbons (Fsp3) is 0.391. The van der Waals surface area contributed by atoms with Gasteiger partial charge in [-0.25, -0.2) is 4.52 Å². The van der Waals surface area contributed by atoms with Crippen LogP contribution in [0.3, 0.4) is 0 Å². The van der Waals surface area contributed by atoms with Crippen LogP contribution in [0.1, 0.15) is 37.9 Å². The molecule has 3 aromatic heterocycles. The highest BCUT2D eigenvalue weighted by Gasteiger charge is 2.27. The van der Waals surface area contributed by atoms with Crippen molar-refractivity contribution in [3.63, 3.8) is 0 Å². The molecular formula is C23H25N5O2. The average molecular weight is 403 g/mol. The van der Waals surface area contributed by atoms with Gasteiger partial charge in [-0.1, -0.05) is 37.3 Å². The lowest BCUT2D eigenvalue weighted by atomic mass is 10.0. The molecule has 0 aliphatic heterocycles. The number of ether oxygens (including phenoxy) is 1. The number of aromatic nitrogens is 5. The molecule has 0 N–H and O–H groups in total. The highest BCUT2D eigenvalue weighted by Crippen LogP contribution is 2.34. The Morgan fingerprint density at radius 3 is 2.73 bits per heavy atom. The molecule has 154 valence electrons. The third-order valence-corrected chi connectivity index (χ3v) is 6.19. The normalized spacial score (nSPS) is 19.1. The SMILES string of the molecule is CCc1nn2c(nnc3c(=O)n(C4CCC(COC)C4)ccc32)c1-c1ccccc1. The minimum atomic E-state index is -0.0974. The van der Waals surface area contributed by atoms with Gasteiger partial charge in [0, 0.05) is 26.0 Å². The van der Waals surface area contributed by atoms with Gasteiger partial charge in [0.1, 0.15) is 5.52 Å². The molecule has 1 saturated carbocycles. The first kappa shape index (κ1) is 18.9. The summed E-state index contributed by atoms with van der Waals surface area (Å²) in [7, 11) is 1.73. The van der Waals surface area contributed by atoms with Crippen molar-refractivity contribution in [3.8, 4) is 11.1 Å². The first-order valence-electron chi connectivity index (χ1n) is 10.5. The molecule has 1 fully saturated rings. The first-order valence-corrected chi connectivity index (χ1v) is 10.5. The molecule has 0 radical (unpaired) electrons. The zero-order chi connectivity index (χ0) is 20.7. The maximum atomic E-state index is 13.2. The number of pyridine rings is 1. The van der Waals surface area contributed by atoms with Gasteiger partial charge in [-0.05, 0) is 43.2 Å². The molecule has 0 amide bonds. The lowest BCUT2D eigenvalue weighted by Gasteiger charge is -2.15. The van der Waals surface area contributed by atoms with Crippen molar-refractivity contribution in [2.45, 2.75) is 38.6 Å². The van der Waals surface area contributed by atoms with Crippen LogP contribution in [0, 0.1) is 5.92 Å². The highest BCUT2D eigenvalue weighted by atomic mass is 16.5. The molecule has 7 nitrogen and oxygen atoms in total. The summed E-state index contributed by atoms with van der Waals surface area (Å²) in [6.07, 6.45) is 5.67. The number of rotatable bonds is 5. The van der Waals surface area contributed by atoms with E-state index >= 15 is 0 Å². The summed E-state index contributed by atoms with van der Waals surface area (Å²) in [6.45, 7) is 2.82. The van der Waals surface area contributed by atoms with Gasteiger partial charge in [0.05, 0.1) is 11.3 Å². The smallest absolute Gasteiger partial charge is 0.280 e. The van der Waals surface area contributed by atoms with Crippen molar-refractivity contribution in [3.05, 3.63) is 58.6 Å². The predicted octanol–water partition coefficient (Wildman–Crippen LogP) is 3.66. The van der Waals surface area contributed by atoms with Gasteiger partial charge in [0.25, 0.3) is 5.56 Å². The molecule has 1 aromatic carbocycles. The number of aryl methyl sites for hydroxylation is 1. The van der Waals surface area contributed by atoms with Gasteiger partial charge in [0.15, 0.2) is 11.2 Å². The van der Waals surface area contributed by atoms with E-state index in [4.69, 9.17) is 9.84 Å². The number of benzene rings is 1. The van der Waals surface area contributed by atoms with Crippen molar-refractivity contribution in [2.24, 2.45) is 5.92 Å². The Bertz CT molecular complexity index is 1260. The van der Waals surface area contributed by atoms with Crippen LogP contribution in [0.25, 0.3) is 27.8 Å².